The molecular formula is C26H24FN5S. The van der Waals surface area contributed by atoms with Crippen molar-refractivity contribution in [3.8, 4) is 5.69 Å². The predicted molar refractivity (Wildman–Crippen MR) is 132 cm³/mol. The molecule has 0 amide bonds. The molecule has 33 heavy (non-hydrogen) atoms. The molecule has 3 aromatic heterocycles. The van der Waals surface area contributed by atoms with Crippen LogP contribution in [0.25, 0.3) is 5.69 Å². The monoisotopic (exact) mass is 457 g/mol. The summed E-state index contributed by atoms with van der Waals surface area (Å²) in [6, 6.07) is 16.9. The van der Waals surface area contributed by atoms with Crippen molar-refractivity contribution in [2.24, 2.45) is 0 Å². The molecule has 5 nitrogen and oxygen atoms in total. The van der Waals surface area contributed by atoms with Crippen molar-refractivity contribution in [2.75, 3.05) is 4.90 Å². The van der Waals surface area contributed by atoms with Gasteiger partial charge in [0, 0.05) is 29.5 Å². The number of nitrogens with zero attached hydrogens (tertiary/aromatic N) is 4. The van der Waals surface area contributed by atoms with E-state index in [1.54, 1.807) is 25.4 Å². The highest BCUT2D eigenvalue weighted by atomic mass is 32.1. The van der Waals surface area contributed by atoms with Crippen LogP contribution in [0.4, 0.5) is 10.1 Å². The minimum absolute atomic E-state index is 0.158. The van der Waals surface area contributed by atoms with Crippen molar-refractivity contribution in [1.82, 2.24) is 19.9 Å². The molecule has 0 spiro atoms. The number of benzene rings is 1. The lowest BCUT2D eigenvalue weighted by atomic mass is 9.96. The van der Waals surface area contributed by atoms with Gasteiger partial charge in [-0.3, -0.25) is 9.97 Å². The van der Waals surface area contributed by atoms with Gasteiger partial charge in [-0.25, -0.2) is 4.39 Å². The lowest BCUT2D eigenvalue weighted by molar-refractivity contribution is 0.564. The number of anilines is 1. The Morgan fingerprint density at radius 1 is 0.970 bits per heavy atom. The van der Waals surface area contributed by atoms with Gasteiger partial charge in [-0.05, 0) is 92.6 Å². The first kappa shape index (κ1) is 21.3. The highest BCUT2D eigenvalue weighted by Gasteiger charge is 2.42. The molecule has 0 saturated carbocycles. The molecule has 1 aliphatic rings. The van der Waals surface area contributed by atoms with E-state index in [1.807, 2.05) is 42.6 Å². The number of nitrogens with one attached hydrogen (secondary N) is 1. The fourth-order valence-corrected chi connectivity index (χ4v) is 5.04. The first-order chi connectivity index (χ1) is 16.0. The second kappa shape index (κ2) is 8.41. The van der Waals surface area contributed by atoms with Crippen LogP contribution in [-0.4, -0.2) is 19.6 Å². The second-order valence-electron chi connectivity index (χ2n) is 8.30. The third-order valence-electron chi connectivity index (χ3n) is 6.21. The van der Waals surface area contributed by atoms with Crippen molar-refractivity contribution in [3.05, 3.63) is 107 Å². The van der Waals surface area contributed by atoms with E-state index < -0.39 is 0 Å². The summed E-state index contributed by atoms with van der Waals surface area (Å²) in [7, 11) is 0. The van der Waals surface area contributed by atoms with Crippen LogP contribution >= 0.6 is 12.2 Å². The molecule has 5 rings (SSSR count). The molecule has 0 unspecified atom stereocenters. The molecule has 4 heterocycles. The number of pyridine rings is 2. The smallest absolute Gasteiger partial charge is 0.174 e. The standard InChI is InChI=1S/C26H24FN5S/c1-16-13-19(9-10-22(16)27)32-25(24(30-26(32)33)23-8-4-5-12-29-23)21-14-17(2)31(18(21)3)20-7-6-11-28-15-20/h4-15,24-25H,1-3H3,(H,30,33)/t24-,25+/m0/s1. The van der Waals surface area contributed by atoms with Gasteiger partial charge in [0.2, 0.25) is 0 Å². The average Bonchev–Trinajstić information content (AvgIpc) is 3.32. The summed E-state index contributed by atoms with van der Waals surface area (Å²) < 4.78 is 16.3. The number of aryl methyl sites for hydroxylation is 2. The first-order valence-electron chi connectivity index (χ1n) is 10.8. The third-order valence-corrected chi connectivity index (χ3v) is 6.53. The van der Waals surface area contributed by atoms with Gasteiger partial charge in [0.15, 0.2) is 5.11 Å². The van der Waals surface area contributed by atoms with Crippen LogP contribution in [0.3, 0.4) is 0 Å². The Bertz CT molecular complexity index is 1320. The van der Waals surface area contributed by atoms with Gasteiger partial charge in [0.25, 0.3) is 0 Å². The number of aromatic nitrogens is 3. The summed E-state index contributed by atoms with van der Waals surface area (Å²) >= 11 is 5.81. The molecule has 7 heteroatoms. The molecule has 1 saturated heterocycles. The van der Waals surface area contributed by atoms with Crippen molar-refractivity contribution in [2.45, 2.75) is 32.9 Å². The maximum absolute atomic E-state index is 14.1. The third kappa shape index (κ3) is 3.68. The van der Waals surface area contributed by atoms with E-state index in [1.165, 1.54) is 6.07 Å². The van der Waals surface area contributed by atoms with E-state index in [0.717, 1.165) is 34.0 Å². The molecule has 1 aromatic carbocycles. The number of rotatable bonds is 4. The SMILES string of the molecule is Cc1cc(N2C(=S)N[C@@H](c3ccccn3)[C@H]2c2cc(C)n(-c3cccnc3)c2C)ccc1F. The Balaban J connectivity index is 1.69. The van der Waals surface area contributed by atoms with Crippen molar-refractivity contribution < 1.29 is 4.39 Å². The minimum Gasteiger partial charge on any atom is -0.351 e. The molecule has 1 fully saturated rings. The number of hydrogen-bond donors (Lipinski definition) is 1. The molecule has 0 bridgehead atoms. The molecule has 2 atom stereocenters. The summed E-state index contributed by atoms with van der Waals surface area (Å²) in [6.45, 7) is 5.97. The zero-order valence-electron chi connectivity index (χ0n) is 18.7. The van der Waals surface area contributed by atoms with Crippen molar-refractivity contribution >= 4 is 23.0 Å². The molecular weight excluding hydrogens is 433 g/mol. The lowest BCUT2D eigenvalue weighted by Crippen LogP contribution is -2.29. The maximum atomic E-state index is 14.1. The maximum Gasteiger partial charge on any atom is 0.174 e. The van der Waals surface area contributed by atoms with Gasteiger partial charge >= 0.3 is 0 Å². The van der Waals surface area contributed by atoms with E-state index in [4.69, 9.17) is 12.2 Å². The largest absolute Gasteiger partial charge is 0.351 e. The Morgan fingerprint density at radius 2 is 1.82 bits per heavy atom. The van der Waals surface area contributed by atoms with Gasteiger partial charge in [0.1, 0.15) is 5.82 Å². The summed E-state index contributed by atoms with van der Waals surface area (Å²) in [5, 5.41) is 4.07. The first-order valence-corrected chi connectivity index (χ1v) is 11.2. The normalized spacial score (nSPS) is 17.9. The topological polar surface area (TPSA) is 46.0 Å². The van der Waals surface area contributed by atoms with Crippen LogP contribution < -0.4 is 10.2 Å². The van der Waals surface area contributed by atoms with E-state index >= 15 is 0 Å². The molecule has 1 aliphatic heterocycles. The zero-order valence-corrected chi connectivity index (χ0v) is 19.5. The highest BCUT2D eigenvalue weighted by Crippen LogP contribution is 2.43. The van der Waals surface area contributed by atoms with Gasteiger partial charge in [0.05, 0.1) is 29.7 Å². The molecule has 1 N–H and O–H groups in total. The van der Waals surface area contributed by atoms with Crippen LogP contribution in [0.15, 0.2) is 73.2 Å². The van der Waals surface area contributed by atoms with E-state index in [0.29, 0.717) is 10.7 Å². The number of hydrogen-bond acceptors (Lipinski definition) is 3. The van der Waals surface area contributed by atoms with E-state index in [2.05, 4.69) is 44.7 Å². The van der Waals surface area contributed by atoms with Gasteiger partial charge in [-0.15, -0.1) is 0 Å². The zero-order chi connectivity index (χ0) is 23.1. The van der Waals surface area contributed by atoms with Gasteiger partial charge < -0.3 is 14.8 Å². The Morgan fingerprint density at radius 3 is 2.52 bits per heavy atom. The number of thiocarbonyl (C=S) groups is 1. The Hall–Kier alpha value is -3.58. The molecule has 166 valence electrons. The molecule has 0 aliphatic carbocycles. The van der Waals surface area contributed by atoms with E-state index in [-0.39, 0.29) is 17.9 Å². The van der Waals surface area contributed by atoms with Crippen molar-refractivity contribution in [1.29, 1.82) is 0 Å². The minimum atomic E-state index is -0.232. The Labute approximate surface area is 197 Å². The Kier molecular flexibility index (Phi) is 5.42. The van der Waals surface area contributed by atoms with Crippen LogP contribution in [0.5, 0.6) is 0 Å². The lowest BCUT2D eigenvalue weighted by Gasteiger charge is -2.28. The van der Waals surface area contributed by atoms with Crippen LogP contribution in [0, 0.1) is 26.6 Å². The quantitative estimate of drug-likeness (QED) is 0.410. The summed E-state index contributed by atoms with van der Waals surface area (Å²) in [6.07, 6.45) is 5.42. The summed E-state index contributed by atoms with van der Waals surface area (Å²) in [5.41, 5.74) is 6.66. The summed E-state index contributed by atoms with van der Waals surface area (Å²) in [5.74, 6) is -0.232. The second-order valence-corrected chi connectivity index (χ2v) is 8.69. The fraction of sp³-hybridized carbons (Fsp3) is 0.192. The summed E-state index contributed by atoms with van der Waals surface area (Å²) in [4.78, 5) is 11.0. The van der Waals surface area contributed by atoms with Gasteiger partial charge in [-0.2, -0.15) is 0 Å². The number of halogens is 1. The van der Waals surface area contributed by atoms with Gasteiger partial charge in [-0.1, -0.05) is 6.07 Å². The van der Waals surface area contributed by atoms with Crippen LogP contribution in [0.2, 0.25) is 0 Å². The van der Waals surface area contributed by atoms with Crippen molar-refractivity contribution in [3.63, 3.8) is 0 Å². The van der Waals surface area contributed by atoms with Crippen LogP contribution in [0.1, 0.15) is 40.3 Å². The molecule has 4 aromatic rings. The van der Waals surface area contributed by atoms with E-state index in [9.17, 15) is 4.39 Å². The van der Waals surface area contributed by atoms with Crippen LogP contribution in [-0.2, 0) is 0 Å². The average molecular weight is 458 g/mol. The fourth-order valence-electron chi connectivity index (χ4n) is 4.70. The predicted octanol–water partition coefficient (Wildman–Crippen LogP) is 5.51. The highest BCUT2D eigenvalue weighted by molar-refractivity contribution is 7.80. The molecule has 0 radical (unpaired) electrons.